The second kappa shape index (κ2) is 7.41. The van der Waals surface area contributed by atoms with Crippen molar-refractivity contribution in [2.75, 3.05) is 0 Å². The van der Waals surface area contributed by atoms with Crippen LogP contribution < -0.4 is 0 Å². The summed E-state index contributed by atoms with van der Waals surface area (Å²) in [7, 11) is 0. The first kappa shape index (κ1) is 21.2. The van der Waals surface area contributed by atoms with Gasteiger partial charge in [-0.2, -0.15) is 13.2 Å². The van der Waals surface area contributed by atoms with E-state index in [4.69, 9.17) is 0 Å². The summed E-state index contributed by atoms with van der Waals surface area (Å²) in [5.41, 5.74) is -1.96. The summed E-state index contributed by atoms with van der Waals surface area (Å²) in [6.45, 7) is 5.10. The topological polar surface area (TPSA) is 56.2 Å². The van der Waals surface area contributed by atoms with Gasteiger partial charge in [-0.15, -0.1) is 0 Å². The van der Waals surface area contributed by atoms with Gasteiger partial charge in [0.15, 0.2) is 5.60 Å². The number of nitrogens with one attached hydrogen (secondary N) is 1. The fourth-order valence-corrected chi connectivity index (χ4v) is 4.06. The lowest BCUT2D eigenvalue weighted by atomic mass is 9.72. The number of aromatic nitrogens is 1. The first-order chi connectivity index (χ1) is 13.5. The summed E-state index contributed by atoms with van der Waals surface area (Å²) in [5, 5.41) is 22.1. The molecule has 29 heavy (non-hydrogen) atoms. The molecular formula is C23H26F3NO2. The van der Waals surface area contributed by atoms with E-state index in [1.54, 1.807) is 56.3 Å². The van der Waals surface area contributed by atoms with Crippen LogP contribution >= 0.6 is 0 Å². The van der Waals surface area contributed by atoms with Gasteiger partial charge >= 0.3 is 6.18 Å². The molecule has 0 aliphatic carbocycles. The molecule has 0 saturated heterocycles. The minimum Gasteiger partial charge on any atom is -0.507 e. The summed E-state index contributed by atoms with van der Waals surface area (Å²) < 4.78 is 42.0. The van der Waals surface area contributed by atoms with E-state index in [0.717, 1.165) is 10.9 Å². The van der Waals surface area contributed by atoms with Crippen molar-refractivity contribution in [3.63, 3.8) is 0 Å². The molecule has 156 valence electrons. The van der Waals surface area contributed by atoms with Crippen molar-refractivity contribution >= 4 is 10.9 Å². The number of phenolic OH excluding ortho intramolecular Hbond substituents is 1. The molecule has 0 aliphatic rings. The van der Waals surface area contributed by atoms with Crippen molar-refractivity contribution in [1.29, 1.82) is 0 Å². The molecule has 2 aromatic carbocycles. The molecule has 0 saturated carbocycles. The van der Waals surface area contributed by atoms with Crippen LogP contribution in [0.3, 0.4) is 0 Å². The Hall–Kier alpha value is -2.47. The number of aromatic hydroxyl groups is 1. The fourth-order valence-electron chi connectivity index (χ4n) is 4.06. The molecule has 3 aromatic rings. The molecule has 0 bridgehead atoms. The molecule has 1 aromatic heterocycles. The van der Waals surface area contributed by atoms with Crippen molar-refractivity contribution in [2.45, 2.75) is 57.2 Å². The highest BCUT2D eigenvalue weighted by atomic mass is 19.4. The van der Waals surface area contributed by atoms with Gasteiger partial charge in [0.2, 0.25) is 0 Å². The third-order valence-electron chi connectivity index (χ3n) is 5.56. The maximum absolute atomic E-state index is 14.0. The van der Waals surface area contributed by atoms with Crippen molar-refractivity contribution in [2.24, 2.45) is 0 Å². The third-order valence-corrected chi connectivity index (χ3v) is 5.56. The molecule has 6 heteroatoms. The Labute approximate surface area is 168 Å². The van der Waals surface area contributed by atoms with E-state index in [2.05, 4.69) is 4.98 Å². The predicted octanol–water partition coefficient (Wildman–Crippen LogP) is 5.64. The van der Waals surface area contributed by atoms with Crippen LogP contribution in [-0.2, 0) is 18.3 Å². The minimum atomic E-state index is -4.83. The number of phenols is 1. The van der Waals surface area contributed by atoms with Crippen LogP contribution in [0.15, 0.2) is 48.5 Å². The molecule has 0 spiro atoms. The fraction of sp³-hybridized carbons (Fsp3) is 0.391. The van der Waals surface area contributed by atoms with Gasteiger partial charge in [0.05, 0.1) is 0 Å². The van der Waals surface area contributed by atoms with Crippen LogP contribution in [0, 0.1) is 0 Å². The molecule has 0 aliphatic heterocycles. The molecule has 1 atom stereocenters. The number of aliphatic hydroxyl groups is 1. The summed E-state index contributed by atoms with van der Waals surface area (Å²) in [5.74, 6) is -0.00450. The third kappa shape index (κ3) is 4.13. The molecule has 3 rings (SSSR count). The maximum Gasteiger partial charge on any atom is 0.417 e. The second-order valence-electron chi connectivity index (χ2n) is 8.32. The number of fused-ring (bicyclic) bond motifs is 1. The molecule has 3 nitrogen and oxygen atoms in total. The molecule has 1 heterocycles. The van der Waals surface area contributed by atoms with Crippen LogP contribution in [0.2, 0.25) is 0 Å². The summed E-state index contributed by atoms with van der Waals surface area (Å²) in [4.78, 5) is 2.97. The van der Waals surface area contributed by atoms with E-state index in [9.17, 15) is 23.4 Å². The van der Waals surface area contributed by atoms with Gasteiger partial charge in [-0.3, -0.25) is 0 Å². The molecule has 3 N–H and O–H groups in total. The first-order valence-electron chi connectivity index (χ1n) is 9.64. The Balaban J connectivity index is 1.98. The van der Waals surface area contributed by atoms with Crippen molar-refractivity contribution in [3.05, 3.63) is 65.4 Å². The SMILES string of the molecule is CCc1cccc(C(C)(C)CC(O)(Cc2cc3ccccc3[nH]2)C(F)(F)F)c1O. The van der Waals surface area contributed by atoms with E-state index in [1.807, 2.05) is 13.0 Å². The smallest absolute Gasteiger partial charge is 0.417 e. The number of aryl methyl sites for hydroxylation is 1. The summed E-state index contributed by atoms with van der Waals surface area (Å²) >= 11 is 0. The van der Waals surface area contributed by atoms with Gasteiger partial charge < -0.3 is 15.2 Å². The monoisotopic (exact) mass is 405 g/mol. The highest BCUT2D eigenvalue weighted by Crippen LogP contribution is 2.45. The Kier molecular flexibility index (Phi) is 5.43. The Morgan fingerprint density at radius 2 is 1.69 bits per heavy atom. The van der Waals surface area contributed by atoms with Crippen LogP contribution in [-0.4, -0.2) is 27.0 Å². The van der Waals surface area contributed by atoms with E-state index >= 15 is 0 Å². The van der Waals surface area contributed by atoms with E-state index in [1.165, 1.54) is 0 Å². The van der Waals surface area contributed by atoms with Gasteiger partial charge in [-0.05, 0) is 46.9 Å². The summed E-state index contributed by atoms with van der Waals surface area (Å²) in [6.07, 6.45) is -5.45. The quantitative estimate of drug-likeness (QED) is 0.497. The molecular weight excluding hydrogens is 379 g/mol. The van der Waals surface area contributed by atoms with Crippen LogP contribution in [0.25, 0.3) is 10.9 Å². The Morgan fingerprint density at radius 3 is 2.31 bits per heavy atom. The lowest BCUT2D eigenvalue weighted by Crippen LogP contribution is -2.50. The minimum absolute atomic E-state index is 0.00450. The van der Waals surface area contributed by atoms with Crippen LogP contribution in [0.5, 0.6) is 5.75 Å². The number of benzene rings is 2. The Morgan fingerprint density at radius 1 is 1.00 bits per heavy atom. The van der Waals surface area contributed by atoms with Gasteiger partial charge in [-0.25, -0.2) is 0 Å². The Bertz CT molecular complexity index is 974. The maximum atomic E-state index is 14.0. The number of hydrogen-bond acceptors (Lipinski definition) is 2. The number of H-pyrrole nitrogens is 1. The van der Waals surface area contributed by atoms with Gasteiger partial charge in [0.25, 0.3) is 0 Å². The van der Waals surface area contributed by atoms with Crippen molar-refractivity contribution in [1.82, 2.24) is 4.98 Å². The number of halogens is 3. The molecule has 1 unspecified atom stereocenters. The normalized spacial score (nSPS) is 14.9. The number of hydrogen-bond donors (Lipinski definition) is 3. The van der Waals surface area contributed by atoms with E-state index in [0.29, 0.717) is 23.2 Å². The molecule has 0 fully saturated rings. The molecule has 0 amide bonds. The highest BCUT2D eigenvalue weighted by molar-refractivity contribution is 5.80. The van der Waals surface area contributed by atoms with E-state index in [-0.39, 0.29) is 5.75 Å². The number of para-hydroxylation sites is 2. The van der Waals surface area contributed by atoms with Crippen molar-refractivity contribution in [3.8, 4) is 5.75 Å². The zero-order valence-corrected chi connectivity index (χ0v) is 16.8. The zero-order valence-electron chi connectivity index (χ0n) is 16.8. The van der Waals surface area contributed by atoms with Crippen molar-refractivity contribution < 1.29 is 23.4 Å². The highest BCUT2D eigenvalue weighted by Gasteiger charge is 2.56. The number of alkyl halides is 3. The first-order valence-corrected chi connectivity index (χ1v) is 9.64. The average molecular weight is 405 g/mol. The van der Waals surface area contributed by atoms with Gasteiger partial charge in [0, 0.05) is 17.6 Å². The lowest BCUT2D eigenvalue weighted by Gasteiger charge is -2.38. The lowest BCUT2D eigenvalue weighted by molar-refractivity contribution is -0.266. The largest absolute Gasteiger partial charge is 0.507 e. The number of aromatic amines is 1. The number of rotatable bonds is 6. The average Bonchev–Trinajstić information content (AvgIpc) is 3.02. The molecule has 0 radical (unpaired) electrons. The zero-order chi connectivity index (χ0) is 21.4. The predicted molar refractivity (Wildman–Crippen MR) is 108 cm³/mol. The van der Waals surface area contributed by atoms with Crippen LogP contribution in [0.4, 0.5) is 13.2 Å². The van der Waals surface area contributed by atoms with Gasteiger partial charge in [-0.1, -0.05) is 57.2 Å². The van der Waals surface area contributed by atoms with Gasteiger partial charge in [0.1, 0.15) is 5.75 Å². The second-order valence-corrected chi connectivity index (χ2v) is 8.32. The standard InChI is InChI=1S/C23H26F3NO2/c1-4-15-9-7-10-18(20(15)28)21(2,3)14-22(29,23(24,25)26)13-17-12-16-8-5-6-11-19(16)27-17/h5-12,27-29H,4,13-14H2,1-3H3. The summed E-state index contributed by atoms with van der Waals surface area (Å²) in [6, 6.07) is 13.9. The van der Waals surface area contributed by atoms with Crippen LogP contribution in [0.1, 0.15) is 44.0 Å². The van der Waals surface area contributed by atoms with E-state index < -0.39 is 30.0 Å².